The smallest absolute Gasteiger partial charge is 0.206 e. The van der Waals surface area contributed by atoms with Gasteiger partial charge in [0, 0.05) is 5.75 Å². The Morgan fingerprint density at radius 1 is 1.55 bits per heavy atom. The van der Waals surface area contributed by atoms with Crippen LogP contribution in [0.25, 0.3) is 0 Å². The fraction of sp³-hybridized carbons (Fsp3) is 1.00. The van der Waals surface area contributed by atoms with E-state index in [1.54, 1.807) is 0 Å². The molecule has 0 radical (unpaired) electrons. The van der Waals surface area contributed by atoms with Crippen molar-refractivity contribution in [3.63, 3.8) is 0 Å². The summed E-state index contributed by atoms with van der Waals surface area (Å²) in [6, 6.07) is 0. The van der Waals surface area contributed by atoms with Crippen LogP contribution in [0.4, 0.5) is 0 Å². The minimum atomic E-state index is -3.31. The summed E-state index contributed by atoms with van der Waals surface area (Å²) >= 11 is 5.81. The van der Waals surface area contributed by atoms with E-state index in [0.717, 1.165) is 0 Å². The summed E-state index contributed by atoms with van der Waals surface area (Å²) in [5, 5.41) is 9.07. The van der Waals surface area contributed by atoms with E-state index in [9.17, 15) is 8.42 Å². The second kappa shape index (κ2) is 3.72. The quantitative estimate of drug-likeness (QED) is 0.798. The highest BCUT2D eigenvalue weighted by molar-refractivity contribution is 9.28. The third kappa shape index (κ3) is 2.40. The average Bonchev–Trinajstić information content (AvgIpc) is 1.87. The molecule has 0 aromatic carbocycles. The van der Waals surface area contributed by atoms with Gasteiger partial charge in [0.1, 0.15) is 0 Å². The number of hydrogen-bond acceptors (Lipinski definition) is 3. The van der Waals surface area contributed by atoms with Crippen molar-refractivity contribution in [2.24, 2.45) is 0 Å². The molecule has 0 heterocycles. The van der Waals surface area contributed by atoms with Crippen LogP contribution in [0.5, 0.6) is 0 Å². The van der Waals surface area contributed by atoms with Gasteiger partial charge >= 0.3 is 0 Å². The molecule has 0 saturated carbocycles. The number of aliphatic hydroxyl groups excluding tert-OH is 1. The van der Waals surface area contributed by atoms with Gasteiger partial charge in [-0.1, -0.05) is 38.8 Å². The van der Waals surface area contributed by atoms with Crippen LogP contribution in [0, 0.1) is 0 Å². The van der Waals surface area contributed by atoms with Crippen LogP contribution in [0.1, 0.15) is 13.8 Å². The van der Waals surface area contributed by atoms with Crippen molar-refractivity contribution in [2.75, 3.05) is 5.75 Å². The number of hydrogen-bond donors (Lipinski definition) is 1. The van der Waals surface area contributed by atoms with Crippen LogP contribution in [0.3, 0.4) is 0 Å². The lowest BCUT2D eigenvalue weighted by Crippen LogP contribution is -2.37. The SMILES string of the molecule is CCS(=O)(=O)C(Br)(Br)[C@@H](C)O. The fourth-order valence-electron chi connectivity index (χ4n) is 0.452. The first kappa shape index (κ1) is 11.9. The minimum Gasteiger partial charge on any atom is -0.390 e. The monoisotopic (exact) mass is 308 g/mol. The Morgan fingerprint density at radius 3 is 2.00 bits per heavy atom. The van der Waals surface area contributed by atoms with Gasteiger partial charge in [0.15, 0.2) is 9.84 Å². The first-order valence-electron chi connectivity index (χ1n) is 3.04. The second-order valence-corrected chi connectivity index (χ2v) is 9.21. The molecule has 0 rings (SSSR count). The van der Waals surface area contributed by atoms with Crippen LogP contribution < -0.4 is 0 Å². The molecule has 0 aromatic rings. The molecule has 0 amide bonds. The molecule has 0 bridgehead atoms. The van der Waals surface area contributed by atoms with Gasteiger partial charge in [-0.25, -0.2) is 8.42 Å². The Morgan fingerprint density at radius 2 is 1.91 bits per heavy atom. The van der Waals surface area contributed by atoms with E-state index in [4.69, 9.17) is 5.11 Å². The first-order valence-corrected chi connectivity index (χ1v) is 6.27. The maximum Gasteiger partial charge on any atom is 0.206 e. The van der Waals surface area contributed by atoms with Gasteiger partial charge in [-0.15, -0.1) is 0 Å². The maximum absolute atomic E-state index is 11.2. The van der Waals surface area contributed by atoms with E-state index >= 15 is 0 Å². The van der Waals surface area contributed by atoms with Crippen LogP contribution in [-0.4, -0.2) is 27.9 Å². The summed E-state index contributed by atoms with van der Waals surface area (Å²) in [6.07, 6.45) is -0.993. The lowest BCUT2D eigenvalue weighted by atomic mass is 10.5. The fourth-order valence-corrected chi connectivity index (χ4v) is 2.73. The minimum absolute atomic E-state index is 0.0194. The molecule has 0 aliphatic heterocycles. The van der Waals surface area contributed by atoms with Crippen LogP contribution in [-0.2, 0) is 9.84 Å². The zero-order chi connectivity index (χ0) is 9.28. The Labute approximate surface area is 83.4 Å². The Balaban J connectivity index is 4.85. The largest absolute Gasteiger partial charge is 0.390 e. The maximum atomic E-state index is 11.2. The van der Waals surface area contributed by atoms with Gasteiger partial charge in [-0.3, -0.25) is 0 Å². The molecule has 0 unspecified atom stereocenters. The number of sulfone groups is 1. The third-order valence-electron chi connectivity index (χ3n) is 1.28. The van der Waals surface area contributed by atoms with Gasteiger partial charge in [0.05, 0.1) is 6.10 Å². The predicted molar refractivity (Wildman–Crippen MR) is 51.7 cm³/mol. The van der Waals surface area contributed by atoms with Crippen LogP contribution in [0.15, 0.2) is 0 Å². The molecular formula is C5H10Br2O3S. The van der Waals surface area contributed by atoms with Gasteiger partial charge in [0.2, 0.25) is 2.57 Å². The van der Waals surface area contributed by atoms with Crippen molar-refractivity contribution in [3.8, 4) is 0 Å². The molecule has 3 nitrogen and oxygen atoms in total. The van der Waals surface area contributed by atoms with Crippen molar-refractivity contribution < 1.29 is 13.5 Å². The van der Waals surface area contributed by atoms with Crippen molar-refractivity contribution >= 4 is 41.7 Å². The molecule has 68 valence electrons. The summed E-state index contributed by atoms with van der Waals surface area (Å²) in [5.74, 6) is -0.0194. The summed E-state index contributed by atoms with van der Waals surface area (Å²) in [6.45, 7) is 2.92. The van der Waals surface area contributed by atoms with E-state index < -0.39 is 18.5 Å². The van der Waals surface area contributed by atoms with Crippen LogP contribution in [0.2, 0.25) is 0 Å². The van der Waals surface area contributed by atoms with Crippen molar-refractivity contribution in [2.45, 2.75) is 22.5 Å². The standard InChI is InChI=1S/C5H10Br2O3S/c1-3-11(9,10)5(6,7)4(2)8/h4,8H,3H2,1-2H3/t4-/m1/s1. The molecule has 0 saturated heterocycles. The van der Waals surface area contributed by atoms with Crippen molar-refractivity contribution in [1.29, 1.82) is 0 Å². The van der Waals surface area contributed by atoms with Crippen molar-refractivity contribution in [1.82, 2.24) is 0 Å². The average molecular weight is 310 g/mol. The van der Waals surface area contributed by atoms with E-state index in [-0.39, 0.29) is 5.75 Å². The predicted octanol–water partition coefficient (Wildman–Crippen LogP) is 1.25. The molecule has 0 aliphatic rings. The molecule has 0 aromatic heterocycles. The summed E-state index contributed by atoms with van der Waals surface area (Å²) in [7, 11) is -3.31. The number of rotatable bonds is 3. The summed E-state index contributed by atoms with van der Waals surface area (Å²) in [4.78, 5) is 0. The zero-order valence-electron chi connectivity index (χ0n) is 6.21. The number of aliphatic hydroxyl groups is 1. The van der Waals surface area contributed by atoms with Gasteiger partial charge < -0.3 is 5.11 Å². The van der Waals surface area contributed by atoms with E-state index in [1.807, 2.05) is 0 Å². The molecule has 0 aliphatic carbocycles. The molecule has 0 fully saturated rings. The van der Waals surface area contributed by atoms with Gasteiger partial charge in [-0.05, 0) is 6.92 Å². The Kier molecular flexibility index (Phi) is 4.02. The lowest BCUT2D eigenvalue weighted by Gasteiger charge is -2.22. The van der Waals surface area contributed by atoms with E-state index in [2.05, 4.69) is 31.9 Å². The normalized spacial score (nSPS) is 16.5. The highest BCUT2D eigenvalue weighted by Gasteiger charge is 2.41. The Bertz CT molecular complexity index is 220. The molecule has 11 heavy (non-hydrogen) atoms. The first-order chi connectivity index (χ1) is 4.75. The zero-order valence-corrected chi connectivity index (χ0v) is 10.2. The van der Waals surface area contributed by atoms with Gasteiger partial charge in [-0.2, -0.15) is 0 Å². The van der Waals surface area contributed by atoms with Crippen molar-refractivity contribution in [3.05, 3.63) is 0 Å². The molecule has 0 spiro atoms. The Hall–Kier alpha value is 0.870. The second-order valence-electron chi connectivity index (χ2n) is 2.14. The number of halogens is 2. The van der Waals surface area contributed by atoms with Crippen LogP contribution >= 0.6 is 31.9 Å². The summed E-state index contributed by atoms with van der Waals surface area (Å²) in [5.41, 5.74) is 0. The molecule has 6 heteroatoms. The van der Waals surface area contributed by atoms with Gasteiger partial charge in [0.25, 0.3) is 0 Å². The molecule has 1 atom stereocenters. The lowest BCUT2D eigenvalue weighted by molar-refractivity contribution is 0.205. The highest BCUT2D eigenvalue weighted by atomic mass is 79.9. The van der Waals surface area contributed by atoms with E-state index in [0.29, 0.717) is 0 Å². The van der Waals surface area contributed by atoms with E-state index in [1.165, 1.54) is 13.8 Å². The molecular weight excluding hydrogens is 300 g/mol. The summed E-state index contributed by atoms with van der Waals surface area (Å²) < 4.78 is 21.0. The highest BCUT2D eigenvalue weighted by Crippen LogP contribution is 2.36. The topological polar surface area (TPSA) is 54.4 Å². The third-order valence-corrected chi connectivity index (χ3v) is 7.50. The molecule has 1 N–H and O–H groups in total. The number of alkyl halides is 2.